The van der Waals surface area contributed by atoms with Gasteiger partial charge in [0.05, 0.1) is 7.11 Å². The van der Waals surface area contributed by atoms with E-state index < -0.39 is 6.61 Å². The zero-order valence-electron chi connectivity index (χ0n) is 12.2. The molecule has 0 saturated heterocycles. The molecular formula is C17H14F2O4. The fraction of sp³-hybridized carbons (Fsp3) is 0.118. The molecule has 4 nitrogen and oxygen atoms in total. The minimum atomic E-state index is -2.87. The summed E-state index contributed by atoms with van der Waals surface area (Å²) in [6.45, 7) is -2.87. The number of phenolic OH excluding ortho intramolecular Hbond substituents is 1. The Bertz CT molecular complexity index is 709. The summed E-state index contributed by atoms with van der Waals surface area (Å²) >= 11 is 0. The van der Waals surface area contributed by atoms with Crippen molar-refractivity contribution in [1.29, 1.82) is 0 Å². The first kappa shape index (κ1) is 16.5. The van der Waals surface area contributed by atoms with Gasteiger partial charge in [0.2, 0.25) is 0 Å². The van der Waals surface area contributed by atoms with Gasteiger partial charge in [-0.1, -0.05) is 18.2 Å². The van der Waals surface area contributed by atoms with Gasteiger partial charge < -0.3 is 14.6 Å². The topological polar surface area (TPSA) is 55.8 Å². The molecule has 2 aromatic carbocycles. The van der Waals surface area contributed by atoms with Crippen LogP contribution < -0.4 is 9.47 Å². The highest BCUT2D eigenvalue weighted by atomic mass is 19.3. The zero-order chi connectivity index (χ0) is 16.8. The molecule has 23 heavy (non-hydrogen) atoms. The largest absolute Gasteiger partial charge is 0.504 e. The molecule has 6 heteroatoms. The number of methoxy groups -OCH3 is 1. The number of carbonyl (C=O) groups excluding carboxylic acids is 1. The lowest BCUT2D eigenvalue weighted by Gasteiger charge is -2.05. The van der Waals surface area contributed by atoms with Gasteiger partial charge in [0.1, 0.15) is 5.75 Å². The number of aromatic hydroxyl groups is 1. The van der Waals surface area contributed by atoms with Crippen LogP contribution in [0.15, 0.2) is 48.5 Å². The minimum absolute atomic E-state index is 0.0479. The molecule has 0 atom stereocenters. The van der Waals surface area contributed by atoms with E-state index in [9.17, 15) is 18.7 Å². The summed E-state index contributed by atoms with van der Waals surface area (Å²) in [5, 5.41) is 9.49. The number of halogens is 2. The second kappa shape index (κ2) is 7.40. The van der Waals surface area contributed by atoms with E-state index in [1.165, 1.54) is 43.5 Å². The fourth-order valence-electron chi connectivity index (χ4n) is 1.86. The van der Waals surface area contributed by atoms with E-state index in [1.807, 2.05) is 0 Å². The van der Waals surface area contributed by atoms with Crippen LogP contribution >= 0.6 is 0 Å². The first-order valence-corrected chi connectivity index (χ1v) is 6.64. The number of carbonyl (C=O) groups is 1. The molecule has 120 valence electrons. The van der Waals surface area contributed by atoms with Crippen molar-refractivity contribution in [2.75, 3.05) is 7.11 Å². The quantitative estimate of drug-likeness (QED) is 0.648. The fourth-order valence-corrected chi connectivity index (χ4v) is 1.86. The van der Waals surface area contributed by atoms with Crippen LogP contribution in [-0.2, 0) is 0 Å². The van der Waals surface area contributed by atoms with E-state index in [0.717, 1.165) is 0 Å². The van der Waals surface area contributed by atoms with Crippen LogP contribution in [0.5, 0.6) is 17.2 Å². The van der Waals surface area contributed by atoms with E-state index in [1.54, 1.807) is 18.2 Å². The summed E-state index contributed by atoms with van der Waals surface area (Å²) in [6, 6.07) is 10.2. The van der Waals surface area contributed by atoms with Crippen molar-refractivity contribution in [3.63, 3.8) is 0 Å². The second-order valence-electron chi connectivity index (χ2n) is 4.53. The molecule has 0 aliphatic heterocycles. The van der Waals surface area contributed by atoms with Gasteiger partial charge in [-0.3, -0.25) is 4.79 Å². The lowest BCUT2D eigenvalue weighted by atomic mass is 10.1. The van der Waals surface area contributed by atoms with Crippen molar-refractivity contribution < 1.29 is 28.2 Å². The van der Waals surface area contributed by atoms with Crippen molar-refractivity contribution in [2.24, 2.45) is 0 Å². The minimum Gasteiger partial charge on any atom is -0.504 e. The average molecular weight is 320 g/mol. The Labute approximate surface area is 131 Å². The van der Waals surface area contributed by atoms with Gasteiger partial charge in [-0.2, -0.15) is 8.78 Å². The summed E-state index contributed by atoms with van der Waals surface area (Å²) in [5.74, 6) is -0.0802. The smallest absolute Gasteiger partial charge is 0.387 e. The Balaban J connectivity index is 2.08. The maximum Gasteiger partial charge on any atom is 0.387 e. The molecule has 0 radical (unpaired) electrons. The molecule has 0 fully saturated rings. The molecule has 2 aromatic rings. The van der Waals surface area contributed by atoms with Gasteiger partial charge in [0, 0.05) is 5.56 Å². The Morgan fingerprint density at radius 3 is 2.48 bits per heavy atom. The highest BCUT2D eigenvalue weighted by Crippen LogP contribution is 2.26. The summed E-state index contributed by atoms with van der Waals surface area (Å²) < 4.78 is 33.3. The van der Waals surface area contributed by atoms with Crippen LogP contribution in [0.4, 0.5) is 8.78 Å². The summed E-state index contributed by atoms with van der Waals surface area (Å²) in [5.41, 5.74) is 1.01. The number of benzene rings is 2. The Morgan fingerprint density at radius 1 is 1.17 bits per heavy atom. The number of phenols is 1. The third-order valence-electron chi connectivity index (χ3n) is 3.00. The second-order valence-corrected chi connectivity index (χ2v) is 4.53. The average Bonchev–Trinajstić information content (AvgIpc) is 2.54. The predicted octanol–water partition coefficient (Wildman–Crippen LogP) is 3.90. The molecule has 0 amide bonds. The summed E-state index contributed by atoms with van der Waals surface area (Å²) in [7, 11) is 1.39. The van der Waals surface area contributed by atoms with Gasteiger partial charge >= 0.3 is 6.61 Å². The van der Waals surface area contributed by atoms with E-state index in [-0.39, 0.29) is 23.0 Å². The Morgan fingerprint density at radius 2 is 1.87 bits per heavy atom. The van der Waals surface area contributed by atoms with Crippen LogP contribution in [0.25, 0.3) is 6.08 Å². The van der Waals surface area contributed by atoms with E-state index in [4.69, 9.17) is 4.74 Å². The third-order valence-corrected chi connectivity index (χ3v) is 3.00. The lowest BCUT2D eigenvalue weighted by Crippen LogP contribution is -2.01. The number of rotatable bonds is 6. The van der Waals surface area contributed by atoms with Gasteiger partial charge in [-0.25, -0.2) is 0 Å². The third kappa shape index (κ3) is 4.54. The molecule has 0 saturated carbocycles. The van der Waals surface area contributed by atoms with Gasteiger partial charge in [0.25, 0.3) is 0 Å². The number of ether oxygens (including phenoxy) is 2. The molecule has 2 rings (SSSR count). The standard InChI is InChI=1S/C17H14F2O4/c1-22-16-10-12(5-9-15(16)21)14(20)8-4-11-2-6-13(7-3-11)23-17(18)19/h2-10,17,21H,1H3/b8-4+. The zero-order valence-corrected chi connectivity index (χ0v) is 12.2. The maximum atomic E-state index is 12.1. The predicted molar refractivity (Wildman–Crippen MR) is 81.1 cm³/mol. The highest BCUT2D eigenvalue weighted by molar-refractivity contribution is 6.07. The monoisotopic (exact) mass is 320 g/mol. The van der Waals surface area contributed by atoms with Crippen LogP contribution in [0.3, 0.4) is 0 Å². The maximum absolute atomic E-state index is 12.1. The van der Waals surface area contributed by atoms with E-state index in [0.29, 0.717) is 11.1 Å². The molecule has 0 heterocycles. The van der Waals surface area contributed by atoms with Crippen LogP contribution in [0.2, 0.25) is 0 Å². The molecule has 0 bridgehead atoms. The Kier molecular flexibility index (Phi) is 5.30. The molecular weight excluding hydrogens is 306 g/mol. The van der Waals surface area contributed by atoms with E-state index >= 15 is 0 Å². The van der Waals surface area contributed by atoms with Gasteiger partial charge in [-0.05, 0) is 42.0 Å². The summed E-state index contributed by atoms with van der Waals surface area (Å²) in [4.78, 5) is 12.1. The number of ketones is 1. The molecule has 0 unspecified atom stereocenters. The number of allylic oxidation sites excluding steroid dienone is 1. The molecule has 0 spiro atoms. The number of alkyl halides is 2. The van der Waals surface area contributed by atoms with Crippen LogP contribution in [0.1, 0.15) is 15.9 Å². The highest BCUT2D eigenvalue weighted by Gasteiger charge is 2.07. The van der Waals surface area contributed by atoms with Crippen LogP contribution in [0, 0.1) is 0 Å². The van der Waals surface area contributed by atoms with Crippen molar-refractivity contribution >= 4 is 11.9 Å². The van der Waals surface area contributed by atoms with Crippen molar-refractivity contribution in [3.05, 3.63) is 59.7 Å². The van der Waals surface area contributed by atoms with Gasteiger partial charge in [-0.15, -0.1) is 0 Å². The number of hydrogen-bond acceptors (Lipinski definition) is 4. The molecule has 0 aliphatic carbocycles. The first-order chi connectivity index (χ1) is 11.0. The lowest BCUT2D eigenvalue weighted by molar-refractivity contribution is -0.0498. The van der Waals surface area contributed by atoms with Gasteiger partial charge in [0.15, 0.2) is 17.3 Å². The molecule has 0 aliphatic rings. The normalized spacial score (nSPS) is 11.0. The Hall–Kier alpha value is -2.89. The van der Waals surface area contributed by atoms with Crippen molar-refractivity contribution in [3.8, 4) is 17.2 Å². The van der Waals surface area contributed by atoms with Crippen LogP contribution in [-0.4, -0.2) is 24.6 Å². The first-order valence-electron chi connectivity index (χ1n) is 6.64. The van der Waals surface area contributed by atoms with E-state index in [2.05, 4.69) is 4.74 Å². The van der Waals surface area contributed by atoms with Crippen molar-refractivity contribution in [2.45, 2.75) is 6.61 Å². The molecule has 1 N–H and O–H groups in total. The SMILES string of the molecule is COc1cc(C(=O)/C=C/c2ccc(OC(F)F)cc2)ccc1O. The van der Waals surface area contributed by atoms with Crippen molar-refractivity contribution in [1.82, 2.24) is 0 Å². The summed E-state index contributed by atoms with van der Waals surface area (Å²) in [6.07, 6.45) is 2.89. The molecule has 0 aromatic heterocycles. The number of hydrogen-bond donors (Lipinski definition) is 1.